The lowest BCUT2D eigenvalue weighted by atomic mass is 10.2. The van der Waals surface area contributed by atoms with Crippen LogP contribution in [0.4, 0.5) is 23.2 Å². The summed E-state index contributed by atoms with van der Waals surface area (Å²) in [7, 11) is 0. The van der Waals surface area contributed by atoms with Crippen molar-refractivity contribution in [3.63, 3.8) is 0 Å². The molecule has 1 aliphatic rings. The third kappa shape index (κ3) is 5.13. The van der Waals surface area contributed by atoms with Gasteiger partial charge in [0, 0.05) is 25.3 Å². The number of alkyl halides is 3. The Morgan fingerprint density at radius 3 is 2.27 bits per heavy atom. The van der Waals surface area contributed by atoms with Crippen LogP contribution in [0.3, 0.4) is 0 Å². The molecule has 0 bridgehead atoms. The van der Waals surface area contributed by atoms with Crippen molar-refractivity contribution in [1.29, 1.82) is 0 Å². The highest BCUT2D eigenvalue weighted by Crippen LogP contribution is 2.30. The van der Waals surface area contributed by atoms with E-state index in [0.29, 0.717) is 5.56 Å². The third-order valence-corrected chi connectivity index (χ3v) is 4.49. The molecule has 2 aromatic carbocycles. The smallest absolute Gasteiger partial charge is 0.328 e. The van der Waals surface area contributed by atoms with Crippen LogP contribution in [-0.4, -0.2) is 47.2 Å². The Morgan fingerprint density at radius 1 is 0.967 bits per heavy atom. The zero-order chi connectivity index (χ0) is 21.9. The SMILES string of the molecule is O=C(CN1CCN(Cc2ccc(F)cc2)C(=O)C1=O)Nc1cccc(C(F)(F)F)c1. The van der Waals surface area contributed by atoms with Crippen molar-refractivity contribution in [3.8, 4) is 0 Å². The molecule has 1 saturated heterocycles. The fourth-order valence-corrected chi connectivity index (χ4v) is 2.97. The quantitative estimate of drug-likeness (QED) is 0.594. The second-order valence-corrected chi connectivity index (χ2v) is 6.71. The number of hydrogen-bond acceptors (Lipinski definition) is 3. The molecule has 2 aromatic rings. The maximum Gasteiger partial charge on any atom is 0.416 e. The highest BCUT2D eigenvalue weighted by Gasteiger charge is 2.34. The molecule has 3 rings (SSSR count). The molecular weight excluding hydrogens is 406 g/mol. The standard InChI is InChI=1S/C20H17F4N3O3/c21-15-6-4-13(5-7-15)11-26-8-9-27(19(30)18(26)29)12-17(28)25-16-3-1-2-14(10-16)20(22,23)24/h1-7,10H,8-9,11-12H2,(H,25,28). The molecule has 158 valence electrons. The molecule has 0 aromatic heterocycles. The second kappa shape index (κ2) is 8.52. The summed E-state index contributed by atoms with van der Waals surface area (Å²) in [5, 5.41) is 2.30. The molecule has 1 aliphatic heterocycles. The van der Waals surface area contributed by atoms with E-state index in [1.807, 2.05) is 0 Å². The van der Waals surface area contributed by atoms with E-state index in [1.54, 1.807) is 0 Å². The van der Waals surface area contributed by atoms with Crippen LogP contribution in [0.1, 0.15) is 11.1 Å². The number of benzene rings is 2. The Kier molecular flexibility index (Phi) is 6.04. The van der Waals surface area contributed by atoms with Gasteiger partial charge in [0.2, 0.25) is 5.91 Å². The third-order valence-electron chi connectivity index (χ3n) is 4.49. The molecule has 0 atom stereocenters. The van der Waals surface area contributed by atoms with E-state index >= 15 is 0 Å². The lowest BCUT2D eigenvalue weighted by Crippen LogP contribution is -2.55. The average molecular weight is 423 g/mol. The summed E-state index contributed by atoms with van der Waals surface area (Å²) in [6.45, 7) is -0.0963. The summed E-state index contributed by atoms with van der Waals surface area (Å²) in [4.78, 5) is 39.1. The Morgan fingerprint density at radius 2 is 1.60 bits per heavy atom. The predicted octanol–water partition coefficient (Wildman–Crippen LogP) is 2.65. The Bertz CT molecular complexity index is 961. The van der Waals surface area contributed by atoms with Gasteiger partial charge in [0.25, 0.3) is 0 Å². The topological polar surface area (TPSA) is 69.7 Å². The van der Waals surface area contributed by atoms with Crippen molar-refractivity contribution in [1.82, 2.24) is 9.80 Å². The number of carbonyl (C=O) groups is 3. The molecule has 0 radical (unpaired) electrons. The van der Waals surface area contributed by atoms with Crippen molar-refractivity contribution in [2.75, 3.05) is 25.0 Å². The monoisotopic (exact) mass is 423 g/mol. The number of piperazine rings is 1. The highest BCUT2D eigenvalue weighted by atomic mass is 19.4. The molecule has 0 spiro atoms. The van der Waals surface area contributed by atoms with E-state index in [9.17, 15) is 31.9 Å². The summed E-state index contributed by atoms with van der Waals surface area (Å²) < 4.78 is 51.3. The largest absolute Gasteiger partial charge is 0.416 e. The van der Waals surface area contributed by atoms with E-state index in [-0.39, 0.29) is 25.3 Å². The van der Waals surface area contributed by atoms with E-state index in [0.717, 1.165) is 23.1 Å². The summed E-state index contributed by atoms with van der Waals surface area (Å²) in [6, 6.07) is 9.60. The van der Waals surface area contributed by atoms with Crippen LogP contribution in [-0.2, 0) is 27.1 Å². The number of hydrogen-bond donors (Lipinski definition) is 1. The van der Waals surface area contributed by atoms with Crippen molar-refractivity contribution < 1.29 is 31.9 Å². The van der Waals surface area contributed by atoms with Gasteiger partial charge in [-0.2, -0.15) is 13.2 Å². The number of carbonyl (C=O) groups excluding carboxylic acids is 3. The summed E-state index contributed by atoms with van der Waals surface area (Å²) in [5.41, 5.74) is -0.335. The summed E-state index contributed by atoms with van der Waals surface area (Å²) >= 11 is 0. The molecule has 10 heteroatoms. The van der Waals surface area contributed by atoms with Gasteiger partial charge in [0.1, 0.15) is 12.4 Å². The molecular formula is C20H17F4N3O3. The van der Waals surface area contributed by atoms with Gasteiger partial charge in [0.15, 0.2) is 0 Å². The lowest BCUT2D eigenvalue weighted by molar-refractivity contribution is -0.157. The van der Waals surface area contributed by atoms with Gasteiger partial charge in [-0.1, -0.05) is 18.2 Å². The molecule has 1 heterocycles. The molecule has 3 amide bonds. The molecule has 1 fully saturated rings. The number of amides is 3. The molecule has 1 N–H and O–H groups in total. The van der Waals surface area contributed by atoms with Crippen LogP contribution in [0.25, 0.3) is 0 Å². The normalized spacial score (nSPS) is 14.8. The van der Waals surface area contributed by atoms with Crippen LogP contribution in [0, 0.1) is 5.82 Å². The zero-order valence-corrected chi connectivity index (χ0v) is 15.6. The van der Waals surface area contributed by atoms with Gasteiger partial charge in [-0.05, 0) is 35.9 Å². The second-order valence-electron chi connectivity index (χ2n) is 6.71. The summed E-state index contributed by atoms with van der Waals surface area (Å²) in [6.07, 6.45) is -4.55. The van der Waals surface area contributed by atoms with Crippen LogP contribution < -0.4 is 5.32 Å². The molecule has 30 heavy (non-hydrogen) atoms. The fraction of sp³-hybridized carbons (Fsp3) is 0.250. The Labute approximate surface area is 169 Å². The van der Waals surface area contributed by atoms with Gasteiger partial charge < -0.3 is 15.1 Å². The van der Waals surface area contributed by atoms with Gasteiger partial charge in [-0.15, -0.1) is 0 Å². The summed E-state index contributed by atoms with van der Waals surface area (Å²) in [5.74, 6) is -2.83. The van der Waals surface area contributed by atoms with Gasteiger partial charge in [-0.3, -0.25) is 14.4 Å². The van der Waals surface area contributed by atoms with E-state index in [1.165, 1.54) is 35.2 Å². The Hall–Kier alpha value is -3.43. The zero-order valence-electron chi connectivity index (χ0n) is 15.6. The number of nitrogens with one attached hydrogen (secondary N) is 1. The minimum absolute atomic E-state index is 0.0662. The van der Waals surface area contributed by atoms with Crippen LogP contribution in [0.5, 0.6) is 0 Å². The number of rotatable bonds is 5. The van der Waals surface area contributed by atoms with Crippen molar-refractivity contribution in [2.45, 2.75) is 12.7 Å². The number of nitrogens with zero attached hydrogens (tertiary/aromatic N) is 2. The maximum atomic E-state index is 13.0. The first-order valence-corrected chi connectivity index (χ1v) is 8.93. The van der Waals surface area contributed by atoms with Crippen molar-refractivity contribution >= 4 is 23.4 Å². The van der Waals surface area contributed by atoms with Crippen molar-refractivity contribution in [2.24, 2.45) is 0 Å². The first kappa shape index (κ1) is 21.3. The van der Waals surface area contributed by atoms with E-state index in [2.05, 4.69) is 5.32 Å². The van der Waals surface area contributed by atoms with Crippen LogP contribution >= 0.6 is 0 Å². The maximum absolute atomic E-state index is 13.0. The predicted molar refractivity (Wildman–Crippen MR) is 98.5 cm³/mol. The van der Waals surface area contributed by atoms with Crippen LogP contribution in [0.2, 0.25) is 0 Å². The lowest BCUT2D eigenvalue weighted by Gasteiger charge is -2.33. The van der Waals surface area contributed by atoms with Gasteiger partial charge in [0.05, 0.1) is 5.56 Å². The highest BCUT2D eigenvalue weighted by molar-refractivity contribution is 6.35. The first-order chi connectivity index (χ1) is 14.1. The fourth-order valence-electron chi connectivity index (χ4n) is 2.97. The van der Waals surface area contributed by atoms with Crippen LogP contribution in [0.15, 0.2) is 48.5 Å². The number of anilines is 1. The van der Waals surface area contributed by atoms with E-state index < -0.39 is 41.8 Å². The minimum Gasteiger partial charge on any atom is -0.328 e. The minimum atomic E-state index is -4.55. The molecule has 0 aliphatic carbocycles. The molecule has 0 saturated carbocycles. The first-order valence-electron chi connectivity index (χ1n) is 8.93. The number of halogens is 4. The van der Waals surface area contributed by atoms with Gasteiger partial charge >= 0.3 is 18.0 Å². The average Bonchev–Trinajstić information content (AvgIpc) is 2.69. The van der Waals surface area contributed by atoms with Crippen molar-refractivity contribution in [3.05, 3.63) is 65.5 Å². The van der Waals surface area contributed by atoms with Gasteiger partial charge in [-0.25, -0.2) is 4.39 Å². The Balaban J connectivity index is 1.58. The van der Waals surface area contributed by atoms with E-state index in [4.69, 9.17) is 0 Å². The molecule has 6 nitrogen and oxygen atoms in total. The molecule has 0 unspecified atom stereocenters.